The Balaban J connectivity index is 1.12. The molecule has 0 unspecified atom stereocenters. The highest BCUT2D eigenvalue weighted by molar-refractivity contribution is 5.86. The van der Waals surface area contributed by atoms with E-state index in [0.29, 0.717) is 0 Å². The summed E-state index contributed by atoms with van der Waals surface area (Å²) in [6, 6.07) is 40.6. The van der Waals surface area contributed by atoms with E-state index >= 15 is 0 Å². The van der Waals surface area contributed by atoms with Crippen molar-refractivity contribution in [3.05, 3.63) is 133 Å². The predicted octanol–water partition coefficient (Wildman–Crippen LogP) is 8.61. The highest BCUT2D eigenvalue weighted by Gasteiger charge is 2.35. The molecule has 2 heterocycles. The van der Waals surface area contributed by atoms with E-state index in [1.165, 1.54) is 27.8 Å². The summed E-state index contributed by atoms with van der Waals surface area (Å²) in [7, 11) is 0. The summed E-state index contributed by atoms with van der Waals surface area (Å²) < 4.78 is 0. The van der Waals surface area contributed by atoms with Crippen molar-refractivity contribution in [2.45, 2.75) is 19.3 Å². The molecule has 0 saturated heterocycles. The summed E-state index contributed by atoms with van der Waals surface area (Å²) in [6.07, 6.45) is 1.93. The Morgan fingerprint density at radius 2 is 1.23 bits per heavy atom. The van der Waals surface area contributed by atoms with Gasteiger partial charge in [-0.1, -0.05) is 86.6 Å². The van der Waals surface area contributed by atoms with Crippen LogP contribution in [0.15, 0.2) is 121 Å². The van der Waals surface area contributed by atoms with E-state index in [1.807, 2.05) is 24.4 Å². The minimum atomic E-state index is -0.0236. The van der Waals surface area contributed by atoms with Gasteiger partial charge in [-0.2, -0.15) is 4.80 Å². The standard InChI is InChI=1S/C36H26N4/c1-36(2)31-9-5-4-8-29(31)30-17-13-24(20-32(30)36)25-14-18-34-35(21-25)39-40(38-34)28-15-11-23(12-16-28)27-19-26-7-3-6-10-33(26)37-22-27/h3-22H,1-2H3. The van der Waals surface area contributed by atoms with Gasteiger partial charge in [0.25, 0.3) is 0 Å². The molecular formula is C36H26N4. The topological polar surface area (TPSA) is 43.6 Å². The summed E-state index contributed by atoms with van der Waals surface area (Å²) in [5.41, 5.74) is 13.6. The zero-order valence-electron chi connectivity index (χ0n) is 22.3. The molecule has 0 saturated carbocycles. The number of aromatic nitrogens is 4. The zero-order valence-corrected chi connectivity index (χ0v) is 22.3. The molecule has 8 rings (SSSR count). The molecule has 1 aliphatic carbocycles. The monoisotopic (exact) mass is 514 g/mol. The zero-order chi connectivity index (χ0) is 26.8. The minimum absolute atomic E-state index is 0.0236. The number of para-hydroxylation sites is 1. The van der Waals surface area contributed by atoms with E-state index in [-0.39, 0.29) is 5.41 Å². The van der Waals surface area contributed by atoms with Crippen LogP contribution in [0.4, 0.5) is 0 Å². The molecule has 0 bridgehead atoms. The van der Waals surface area contributed by atoms with Crippen LogP contribution in [0.3, 0.4) is 0 Å². The smallest absolute Gasteiger partial charge is 0.114 e. The van der Waals surface area contributed by atoms with Gasteiger partial charge in [0.05, 0.1) is 11.2 Å². The van der Waals surface area contributed by atoms with Crippen LogP contribution < -0.4 is 0 Å². The van der Waals surface area contributed by atoms with Crippen LogP contribution in [0.2, 0.25) is 0 Å². The average molecular weight is 515 g/mol. The Kier molecular flexibility index (Phi) is 4.83. The molecule has 7 aromatic rings. The van der Waals surface area contributed by atoms with E-state index in [0.717, 1.165) is 44.3 Å². The van der Waals surface area contributed by atoms with Crippen LogP contribution in [0.1, 0.15) is 25.0 Å². The Morgan fingerprint density at radius 3 is 2.12 bits per heavy atom. The van der Waals surface area contributed by atoms with E-state index in [1.54, 1.807) is 4.80 Å². The highest BCUT2D eigenvalue weighted by atomic mass is 15.5. The molecule has 0 aliphatic heterocycles. The van der Waals surface area contributed by atoms with Crippen molar-refractivity contribution >= 4 is 21.9 Å². The Bertz CT molecular complexity index is 2080. The Labute approximate surface area is 232 Å². The van der Waals surface area contributed by atoms with E-state index in [4.69, 9.17) is 10.2 Å². The largest absolute Gasteiger partial charge is 0.256 e. The van der Waals surface area contributed by atoms with Crippen molar-refractivity contribution in [1.82, 2.24) is 20.0 Å². The molecule has 4 nitrogen and oxygen atoms in total. The molecule has 0 radical (unpaired) electrons. The van der Waals surface area contributed by atoms with Crippen LogP contribution in [0.5, 0.6) is 0 Å². The van der Waals surface area contributed by atoms with Crippen molar-refractivity contribution in [1.29, 1.82) is 0 Å². The third-order valence-electron chi connectivity index (χ3n) is 8.32. The quantitative estimate of drug-likeness (QED) is 0.237. The third kappa shape index (κ3) is 3.50. The maximum absolute atomic E-state index is 4.84. The number of benzene rings is 5. The van der Waals surface area contributed by atoms with Gasteiger partial charge in [0, 0.05) is 22.6 Å². The minimum Gasteiger partial charge on any atom is -0.256 e. The predicted molar refractivity (Wildman–Crippen MR) is 163 cm³/mol. The normalized spacial score (nSPS) is 13.4. The van der Waals surface area contributed by atoms with E-state index < -0.39 is 0 Å². The summed E-state index contributed by atoms with van der Waals surface area (Å²) in [4.78, 5) is 6.33. The van der Waals surface area contributed by atoms with Gasteiger partial charge >= 0.3 is 0 Å². The molecule has 5 aromatic carbocycles. The molecule has 0 fully saturated rings. The first-order valence-corrected chi connectivity index (χ1v) is 13.6. The second-order valence-corrected chi connectivity index (χ2v) is 11.1. The first kappa shape index (κ1) is 22.9. The molecule has 40 heavy (non-hydrogen) atoms. The molecule has 1 aliphatic rings. The lowest BCUT2D eigenvalue weighted by atomic mass is 9.81. The molecule has 4 heteroatoms. The lowest BCUT2D eigenvalue weighted by Crippen LogP contribution is -2.14. The van der Waals surface area contributed by atoms with Crippen LogP contribution in [-0.4, -0.2) is 20.0 Å². The molecule has 0 spiro atoms. The summed E-state index contributed by atoms with van der Waals surface area (Å²) in [5.74, 6) is 0. The van der Waals surface area contributed by atoms with Gasteiger partial charge in [-0.25, -0.2) is 0 Å². The molecule has 0 N–H and O–H groups in total. The second-order valence-electron chi connectivity index (χ2n) is 11.1. The van der Waals surface area contributed by atoms with Crippen LogP contribution >= 0.6 is 0 Å². The van der Waals surface area contributed by atoms with Gasteiger partial charge in [-0.15, -0.1) is 10.2 Å². The van der Waals surface area contributed by atoms with Gasteiger partial charge in [0.2, 0.25) is 0 Å². The Morgan fingerprint density at radius 1 is 0.525 bits per heavy atom. The maximum Gasteiger partial charge on any atom is 0.114 e. The number of fused-ring (bicyclic) bond motifs is 5. The number of pyridine rings is 1. The van der Waals surface area contributed by atoms with Crippen molar-refractivity contribution in [3.8, 4) is 39.1 Å². The fourth-order valence-corrected chi connectivity index (χ4v) is 6.11. The van der Waals surface area contributed by atoms with Gasteiger partial charge < -0.3 is 0 Å². The average Bonchev–Trinajstić information content (AvgIpc) is 3.53. The first-order valence-electron chi connectivity index (χ1n) is 13.6. The number of hydrogen-bond donors (Lipinski definition) is 0. The molecule has 190 valence electrons. The third-order valence-corrected chi connectivity index (χ3v) is 8.32. The molecular weight excluding hydrogens is 488 g/mol. The summed E-state index contributed by atoms with van der Waals surface area (Å²) in [6.45, 7) is 4.63. The van der Waals surface area contributed by atoms with E-state index in [2.05, 4.69) is 116 Å². The van der Waals surface area contributed by atoms with Gasteiger partial charge in [0.1, 0.15) is 11.0 Å². The highest BCUT2D eigenvalue weighted by Crippen LogP contribution is 2.49. The van der Waals surface area contributed by atoms with Gasteiger partial charge in [-0.3, -0.25) is 4.98 Å². The van der Waals surface area contributed by atoms with E-state index in [9.17, 15) is 0 Å². The fraction of sp³-hybridized carbons (Fsp3) is 0.0833. The lowest BCUT2D eigenvalue weighted by molar-refractivity contribution is 0.660. The number of rotatable bonds is 3. The maximum atomic E-state index is 4.84. The number of hydrogen-bond acceptors (Lipinski definition) is 3. The van der Waals surface area contributed by atoms with Crippen LogP contribution in [-0.2, 0) is 5.41 Å². The number of nitrogens with zero attached hydrogens (tertiary/aromatic N) is 4. The SMILES string of the molecule is CC1(C)c2ccccc2-c2ccc(-c3ccc4nn(-c5ccc(-c6cnc7ccccc7c6)cc5)nc4c3)cc21. The first-order chi connectivity index (χ1) is 19.5. The van der Waals surface area contributed by atoms with Gasteiger partial charge in [0.15, 0.2) is 0 Å². The van der Waals surface area contributed by atoms with Crippen molar-refractivity contribution in [2.24, 2.45) is 0 Å². The summed E-state index contributed by atoms with van der Waals surface area (Å²) in [5, 5.41) is 10.7. The molecule has 0 atom stereocenters. The van der Waals surface area contributed by atoms with Gasteiger partial charge in [-0.05, 0) is 81.4 Å². The van der Waals surface area contributed by atoms with Crippen LogP contribution in [0, 0.1) is 0 Å². The fourth-order valence-electron chi connectivity index (χ4n) is 6.11. The lowest BCUT2D eigenvalue weighted by Gasteiger charge is -2.22. The summed E-state index contributed by atoms with van der Waals surface area (Å²) >= 11 is 0. The van der Waals surface area contributed by atoms with Crippen molar-refractivity contribution in [3.63, 3.8) is 0 Å². The molecule has 2 aromatic heterocycles. The van der Waals surface area contributed by atoms with Crippen LogP contribution in [0.25, 0.3) is 61.0 Å². The molecule has 0 amide bonds. The van der Waals surface area contributed by atoms with Crippen molar-refractivity contribution in [2.75, 3.05) is 0 Å². The second kappa shape index (κ2) is 8.45. The Hall–Kier alpha value is -5.09. The van der Waals surface area contributed by atoms with Crippen molar-refractivity contribution < 1.29 is 0 Å².